The van der Waals surface area contributed by atoms with Crippen LogP contribution in [0.25, 0.3) is 11.3 Å². The molecule has 7 nitrogen and oxygen atoms in total. The maximum Gasteiger partial charge on any atom is 0.247 e. The fourth-order valence-corrected chi connectivity index (χ4v) is 3.20. The van der Waals surface area contributed by atoms with Gasteiger partial charge in [-0.1, -0.05) is 5.21 Å². The quantitative estimate of drug-likeness (QED) is 0.834. The van der Waals surface area contributed by atoms with E-state index in [0.29, 0.717) is 17.2 Å². The van der Waals surface area contributed by atoms with Crippen molar-refractivity contribution >= 4 is 5.91 Å². The second-order valence-electron chi connectivity index (χ2n) is 6.44. The van der Waals surface area contributed by atoms with Crippen LogP contribution in [-0.2, 0) is 4.79 Å². The number of methoxy groups -OCH3 is 2. The molecule has 1 aromatic heterocycles. The Bertz CT molecular complexity index is 757. The smallest absolute Gasteiger partial charge is 0.247 e. The number of carbonyl (C=O) groups excluding carboxylic acids is 1. The molecule has 0 N–H and O–H groups in total. The van der Waals surface area contributed by atoms with E-state index in [2.05, 4.69) is 10.3 Å². The van der Waals surface area contributed by atoms with Crippen molar-refractivity contribution in [2.75, 3.05) is 20.8 Å². The molecule has 2 aromatic rings. The number of nitrogens with zero attached hydrogens (tertiary/aromatic N) is 4. The number of benzene rings is 1. The summed E-state index contributed by atoms with van der Waals surface area (Å²) in [6.07, 6.45) is 3.59. The minimum absolute atomic E-state index is 0.116. The monoisotopic (exact) mass is 344 g/mol. The van der Waals surface area contributed by atoms with Gasteiger partial charge in [0.1, 0.15) is 11.7 Å². The van der Waals surface area contributed by atoms with E-state index >= 15 is 0 Å². The second kappa shape index (κ2) is 7.13. The molecule has 1 saturated heterocycles. The largest absolute Gasteiger partial charge is 0.493 e. The Morgan fingerprint density at radius 1 is 1.20 bits per heavy atom. The zero-order chi connectivity index (χ0) is 18.0. The highest BCUT2D eigenvalue weighted by Crippen LogP contribution is 2.32. The lowest BCUT2D eigenvalue weighted by Crippen LogP contribution is -2.45. The highest BCUT2D eigenvalue weighted by molar-refractivity contribution is 5.81. The van der Waals surface area contributed by atoms with Crippen LogP contribution in [0.1, 0.15) is 32.7 Å². The van der Waals surface area contributed by atoms with Gasteiger partial charge in [0.15, 0.2) is 11.5 Å². The lowest BCUT2D eigenvalue weighted by atomic mass is 10.0. The number of piperidine rings is 1. The Kier molecular flexibility index (Phi) is 4.92. The summed E-state index contributed by atoms with van der Waals surface area (Å²) in [5, 5.41) is 8.45. The summed E-state index contributed by atoms with van der Waals surface area (Å²) in [7, 11) is 3.20. The van der Waals surface area contributed by atoms with E-state index in [0.717, 1.165) is 24.9 Å². The number of amides is 1. The molecule has 2 heterocycles. The molecule has 1 aliphatic rings. The fraction of sp³-hybridized carbons (Fsp3) is 0.500. The van der Waals surface area contributed by atoms with Crippen LogP contribution in [0, 0.1) is 0 Å². The molecular formula is C18H24N4O3. The maximum absolute atomic E-state index is 12.7. The van der Waals surface area contributed by atoms with Crippen LogP contribution in [-0.4, -0.2) is 52.6 Å². The van der Waals surface area contributed by atoms with E-state index in [1.54, 1.807) is 18.9 Å². The molecule has 7 heteroatoms. The average Bonchev–Trinajstić information content (AvgIpc) is 3.10. The molecule has 0 saturated carbocycles. The lowest BCUT2D eigenvalue weighted by Gasteiger charge is -2.34. The van der Waals surface area contributed by atoms with Gasteiger partial charge in [-0.3, -0.25) is 4.79 Å². The van der Waals surface area contributed by atoms with Crippen molar-refractivity contribution < 1.29 is 14.3 Å². The Morgan fingerprint density at radius 3 is 2.64 bits per heavy atom. The summed E-state index contributed by atoms with van der Waals surface area (Å²) >= 11 is 0. The Hall–Kier alpha value is -2.57. The van der Waals surface area contributed by atoms with Gasteiger partial charge < -0.3 is 14.4 Å². The molecule has 1 unspecified atom stereocenters. The summed E-state index contributed by atoms with van der Waals surface area (Å²) < 4.78 is 12.3. The fourth-order valence-electron chi connectivity index (χ4n) is 3.20. The summed E-state index contributed by atoms with van der Waals surface area (Å²) in [6.45, 7) is 4.89. The molecule has 0 bridgehead atoms. The van der Waals surface area contributed by atoms with E-state index in [9.17, 15) is 4.79 Å². The van der Waals surface area contributed by atoms with Gasteiger partial charge in [0.05, 0.1) is 20.4 Å². The minimum atomic E-state index is -0.280. The molecule has 25 heavy (non-hydrogen) atoms. The number of rotatable bonds is 5. The van der Waals surface area contributed by atoms with E-state index < -0.39 is 0 Å². The van der Waals surface area contributed by atoms with E-state index in [-0.39, 0.29) is 18.0 Å². The molecule has 0 spiro atoms. The topological polar surface area (TPSA) is 69.5 Å². The van der Waals surface area contributed by atoms with Crippen LogP contribution in [0.15, 0.2) is 24.4 Å². The third kappa shape index (κ3) is 3.31. The molecule has 134 valence electrons. The SMILES string of the molecule is COc1ccc(-c2cn(C3CCCN(C(C)C)C3=O)nn2)cc1OC. The lowest BCUT2D eigenvalue weighted by molar-refractivity contribution is -0.139. The first kappa shape index (κ1) is 17.3. The van der Waals surface area contributed by atoms with Gasteiger partial charge in [-0.25, -0.2) is 4.68 Å². The Morgan fingerprint density at radius 2 is 1.96 bits per heavy atom. The molecule has 1 aromatic carbocycles. The zero-order valence-electron chi connectivity index (χ0n) is 15.1. The van der Waals surface area contributed by atoms with Crippen LogP contribution in [0.2, 0.25) is 0 Å². The van der Waals surface area contributed by atoms with Crippen molar-refractivity contribution in [3.05, 3.63) is 24.4 Å². The normalized spacial score (nSPS) is 17.9. The van der Waals surface area contributed by atoms with Crippen molar-refractivity contribution in [2.24, 2.45) is 0 Å². The van der Waals surface area contributed by atoms with Crippen molar-refractivity contribution in [1.29, 1.82) is 0 Å². The van der Waals surface area contributed by atoms with Crippen LogP contribution >= 0.6 is 0 Å². The number of aromatic nitrogens is 3. The van der Waals surface area contributed by atoms with Gasteiger partial charge >= 0.3 is 0 Å². The van der Waals surface area contributed by atoms with Gasteiger partial charge in [0.2, 0.25) is 5.91 Å². The number of likely N-dealkylation sites (tertiary alicyclic amines) is 1. The van der Waals surface area contributed by atoms with E-state index in [1.807, 2.05) is 43.1 Å². The highest BCUT2D eigenvalue weighted by atomic mass is 16.5. The first-order valence-corrected chi connectivity index (χ1v) is 8.50. The molecule has 1 atom stereocenters. The average molecular weight is 344 g/mol. The van der Waals surface area contributed by atoms with Gasteiger partial charge in [0.25, 0.3) is 0 Å². The van der Waals surface area contributed by atoms with Crippen LogP contribution in [0.5, 0.6) is 11.5 Å². The third-order valence-electron chi connectivity index (χ3n) is 4.58. The van der Waals surface area contributed by atoms with E-state index in [4.69, 9.17) is 9.47 Å². The number of hydrogen-bond acceptors (Lipinski definition) is 5. The summed E-state index contributed by atoms with van der Waals surface area (Å²) in [6, 6.07) is 5.51. The first-order chi connectivity index (χ1) is 12.0. The molecule has 0 aliphatic carbocycles. The molecule has 1 fully saturated rings. The van der Waals surface area contributed by atoms with Crippen molar-refractivity contribution in [3.63, 3.8) is 0 Å². The van der Waals surface area contributed by atoms with Gasteiger partial charge in [-0.15, -0.1) is 5.10 Å². The predicted molar refractivity (Wildman–Crippen MR) is 93.7 cm³/mol. The zero-order valence-corrected chi connectivity index (χ0v) is 15.1. The van der Waals surface area contributed by atoms with Gasteiger partial charge in [0, 0.05) is 18.2 Å². The highest BCUT2D eigenvalue weighted by Gasteiger charge is 2.32. The third-order valence-corrected chi connectivity index (χ3v) is 4.58. The van der Waals surface area contributed by atoms with Gasteiger partial charge in [-0.05, 0) is 44.9 Å². The Labute approximate surface area is 147 Å². The number of carbonyl (C=O) groups is 1. The standard InChI is InChI=1S/C18H24N4O3/c1-12(2)21-9-5-6-15(18(21)23)22-11-14(19-20-22)13-7-8-16(24-3)17(10-13)25-4/h7-8,10-12,15H,5-6,9H2,1-4H3. The Balaban J connectivity index is 1.86. The summed E-state index contributed by atoms with van der Waals surface area (Å²) in [4.78, 5) is 14.6. The maximum atomic E-state index is 12.7. The molecule has 3 rings (SSSR count). The minimum Gasteiger partial charge on any atom is -0.493 e. The van der Waals surface area contributed by atoms with E-state index in [1.165, 1.54) is 0 Å². The van der Waals surface area contributed by atoms with Crippen molar-refractivity contribution in [2.45, 2.75) is 38.8 Å². The summed E-state index contributed by atoms with van der Waals surface area (Å²) in [5.41, 5.74) is 1.57. The first-order valence-electron chi connectivity index (χ1n) is 8.50. The molecule has 0 radical (unpaired) electrons. The predicted octanol–water partition coefficient (Wildman–Crippen LogP) is 2.53. The molecule has 1 amide bonds. The summed E-state index contributed by atoms with van der Waals surface area (Å²) in [5.74, 6) is 1.41. The van der Waals surface area contributed by atoms with Crippen molar-refractivity contribution in [1.82, 2.24) is 19.9 Å². The second-order valence-corrected chi connectivity index (χ2v) is 6.44. The number of hydrogen-bond donors (Lipinski definition) is 0. The molecular weight excluding hydrogens is 320 g/mol. The molecule has 1 aliphatic heterocycles. The number of ether oxygens (including phenoxy) is 2. The van der Waals surface area contributed by atoms with Crippen LogP contribution in [0.4, 0.5) is 0 Å². The van der Waals surface area contributed by atoms with Crippen LogP contribution < -0.4 is 9.47 Å². The van der Waals surface area contributed by atoms with Crippen molar-refractivity contribution in [3.8, 4) is 22.8 Å². The van der Waals surface area contributed by atoms with Crippen LogP contribution in [0.3, 0.4) is 0 Å². The van der Waals surface area contributed by atoms with Gasteiger partial charge in [-0.2, -0.15) is 0 Å².